The maximum absolute atomic E-state index is 11.8. The van der Waals surface area contributed by atoms with E-state index >= 15 is 0 Å². The van der Waals surface area contributed by atoms with Crippen LogP contribution in [0.5, 0.6) is 0 Å². The number of amides is 2. The molecule has 19 heavy (non-hydrogen) atoms. The first-order chi connectivity index (χ1) is 9.16. The van der Waals surface area contributed by atoms with E-state index in [0.717, 1.165) is 0 Å². The zero-order valence-corrected chi connectivity index (χ0v) is 10.1. The van der Waals surface area contributed by atoms with Crippen molar-refractivity contribution < 1.29 is 14.0 Å². The van der Waals surface area contributed by atoms with Crippen LogP contribution in [0.2, 0.25) is 0 Å². The van der Waals surface area contributed by atoms with Crippen molar-refractivity contribution in [2.75, 3.05) is 5.32 Å². The second kappa shape index (κ2) is 5.81. The van der Waals surface area contributed by atoms with E-state index in [1.807, 2.05) is 0 Å². The number of carbonyl (C=O) groups is 2. The molecule has 1 aromatic carbocycles. The maximum atomic E-state index is 11.8. The number of anilines is 1. The molecule has 0 atom stereocenters. The molecule has 0 bridgehead atoms. The Morgan fingerprint density at radius 3 is 2.79 bits per heavy atom. The van der Waals surface area contributed by atoms with Crippen molar-refractivity contribution in [3.8, 4) is 0 Å². The van der Waals surface area contributed by atoms with E-state index in [1.54, 1.807) is 24.3 Å². The molecule has 0 aliphatic heterocycles. The van der Waals surface area contributed by atoms with Gasteiger partial charge in [-0.1, -0.05) is 12.1 Å². The summed E-state index contributed by atoms with van der Waals surface area (Å²) in [4.78, 5) is 26.9. The Hall–Kier alpha value is -2.63. The van der Waals surface area contributed by atoms with Crippen molar-refractivity contribution in [3.05, 3.63) is 48.2 Å². The summed E-state index contributed by atoms with van der Waals surface area (Å²) >= 11 is 0. The van der Waals surface area contributed by atoms with Crippen LogP contribution < -0.4 is 11.1 Å². The molecule has 2 aromatic rings. The number of primary amides is 1. The number of oxazole rings is 1. The van der Waals surface area contributed by atoms with Gasteiger partial charge in [0.1, 0.15) is 6.26 Å². The van der Waals surface area contributed by atoms with Crippen LogP contribution in [0.15, 0.2) is 41.3 Å². The second-order valence-electron chi connectivity index (χ2n) is 3.94. The van der Waals surface area contributed by atoms with E-state index in [0.29, 0.717) is 17.8 Å². The predicted octanol–water partition coefficient (Wildman–Crippen LogP) is 1.34. The third-order valence-corrected chi connectivity index (χ3v) is 2.56. The first-order valence-corrected chi connectivity index (χ1v) is 5.72. The molecule has 2 rings (SSSR count). The summed E-state index contributed by atoms with van der Waals surface area (Å²) in [5.41, 5.74) is 6.64. The van der Waals surface area contributed by atoms with E-state index in [-0.39, 0.29) is 17.9 Å². The van der Waals surface area contributed by atoms with Crippen molar-refractivity contribution in [2.24, 2.45) is 5.73 Å². The van der Waals surface area contributed by atoms with Gasteiger partial charge in [0.25, 0.3) is 5.91 Å². The third-order valence-electron chi connectivity index (χ3n) is 2.56. The van der Waals surface area contributed by atoms with Crippen LogP contribution in [0.4, 0.5) is 5.69 Å². The first-order valence-electron chi connectivity index (χ1n) is 5.72. The maximum Gasteiger partial charge on any atom is 0.250 e. The fourth-order valence-electron chi connectivity index (χ4n) is 1.62. The molecule has 6 nitrogen and oxygen atoms in total. The topological polar surface area (TPSA) is 98.2 Å². The van der Waals surface area contributed by atoms with Gasteiger partial charge >= 0.3 is 0 Å². The van der Waals surface area contributed by atoms with Gasteiger partial charge in [-0.05, 0) is 12.1 Å². The molecule has 2 amide bonds. The molecule has 0 fully saturated rings. The lowest BCUT2D eigenvalue weighted by Gasteiger charge is -2.08. The number of hydrogen-bond donors (Lipinski definition) is 2. The van der Waals surface area contributed by atoms with Crippen LogP contribution in [0, 0.1) is 0 Å². The standard InChI is InChI=1S/C13H13N3O3/c14-13(18)10-3-1-2-4-11(10)16-12(17)6-5-9-7-19-8-15-9/h1-4,7-8H,5-6H2,(H2,14,18)(H,16,17). The highest BCUT2D eigenvalue weighted by Gasteiger charge is 2.10. The third kappa shape index (κ3) is 3.41. The number of carbonyl (C=O) groups excluding carboxylic acids is 2. The van der Waals surface area contributed by atoms with Crippen molar-refractivity contribution in [3.63, 3.8) is 0 Å². The number of aromatic nitrogens is 1. The Kier molecular flexibility index (Phi) is 3.92. The molecular formula is C13H13N3O3. The predicted molar refractivity (Wildman–Crippen MR) is 68.4 cm³/mol. The number of nitrogens with two attached hydrogens (primary N) is 1. The Labute approximate surface area is 109 Å². The number of nitrogens with one attached hydrogen (secondary N) is 1. The molecule has 0 saturated carbocycles. The van der Waals surface area contributed by atoms with Gasteiger partial charge in [-0.15, -0.1) is 0 Å². The number of aryl methyl sites for hydroxylation is 1. The van der Waals surface area contributed by atoms with Gasteiger partial charge in [-0.2, -0.15) is 0 Å². The molecule has 98 valence electrons. The minimum absolute atomic E-state index is 0.211. The smallest absolute Gasteiger partial charge is 0.250 e. The molecular weight excluding hydrogens is 246 g/mol. The molecule has 1 heterocycles. The second-order valence-corrected chi connectivity index (χ2v) is 3.94. The van der Waals surface area contributed by atoms with E-state index in [4.69, 9.17) is 10.2 Å². The average molecular weight is 259 g/mol. The van der Waals surface area contributed by atoms with E-state index in [1.165, 1.54) is 12.7 Å². The summed E-state index contributed by atoms with van der Waals surface area (Å²) in [6.45, 7) is 0. The molecule has 0 aliphatic carbocycles. The van der Waals surface area contributed by atoms with Crippen LogP contribution in [0.1, 0.15) is 22.5 Å². The van der Waals surface area contributed by atoms with Gasteiger partial charge < -0.3 is 15.5 Å². The van der Waals surface area contributed by atoms with Crippen LogP contribution in [-0.4, -0.2) is 16.8 Å². The minimum Gasteiger partial charge on any atom is -0.451 e. The van der Waals surface area contributed by atoms with Crippen molar-refractivity contribution in [1.29, 1.82) is 0 Å². The Morgan fingerprint density at radius 1 is 1.32 bits per heavy atom. The molecule has 0 saturated heterocycles. The fraction of sp³-hybridized carbons (Fsp3) is 0.154. The van der Waals surface area contributed by atoms with E-state index in [2.05, 4.69) is 10.3 Å². The van der Waals surface area contributed by atoms with Gasteiger partial charge in [0.2, 0.25) is 5.91 Å². The molecule has 0 spiro atoms. The quantitative estimate of drug-likeness (QED) is 0.846. The monoisotopic (exact) mass is 259 g/mol. The van der Waals surface area contributed by atoms with Gasteiger partial charge in [0.05, 0.1) is 16.9 Å². The SMILES string of the molecule is NC(=O)c1ccccc1NC(=O)CCc1cocn1. The van der Waals surface area contributed by atoms with Gasteiger partial charge in [0, 0.05) is 12.8 Å². The van der Waals surface area contributed by atoms with E-state index < -0.39 is 5.91 Å². The molecule has 0 radical (unpaired) electrons. The summed E-state index contributed by atoms with van der Waals surface area (Å²) in [5, 5.41) is 2.66. The summed E-state index contributed by atoms with van der Waals surface area (Å²) in [7, 11) is 0. The number of benzene rings is 1. The lowest BCUT2D eigenvalue weighted by molar-refractivity contribution is -0.116. The highest BCUT2D eigenvalue weighted by molar-refractivity contribution is 6.02. The van der Waals surface area contributed by atoms with Crippen molar-refractivity contribution >= 4 is 17.5 Å². The molecule has 6 heteroatoms. The lowest BCUT2D eigenvalue weighted by Crippen LogP contribution is -2.18. The van der Waals surface area contributed by atoms with Crippen LogP contribution in [-0.2, 0) is 11.2 Å². The normalized spacial score (nSPS) is 10.1. The Bertz CT molecular complexity index is 579. The number of nitrogens with zero attached hydrogens (tertiary/aromatic N) is 1. The number of para-hydroxylation sites is 1. The van der Waals surface area contributed by atoms with Gasteiger partial charge in [0.15, 0.2) is 6.39 Å². The van der Waals surface area contributed by atoms with Gasteiger partial charge in [-0.3, -0.25) is 9.59 Å². The number of hydrogen-bond acceptors (Lipinski definition) is 4. The van der Waals surface area contributed by atoms with Crippen LogP contribution in [0.25, 0.3) is 0 Å². The molecule has 3 N–H and O–H groups in total. The van der Waals surface area contributed by atoms with E-state index in [9.17, 15) is 9.59 Å². The summed E-state index contributed by atoms with van der Waals surface area (Å²) in [6, 6.07) is 6.61. The van der Waals surface area contributed by atoms with Crippen molar-refractivity contribution in [2.45, 2.75) is 12.8 Å². The summed E-state index contributed by atoms with van der Waals surface area (Å²) in [5.74, 6) is -0.788. The summed E-state index contributed by atoms with van der Waals surface area (Å²) < 4.78 is 4.81. The highest BCUT2D eigenvalue weighted by Crippen LogP contribution is 2.14. The average Bonchev–Trinajstić information content (AvgIpc) is 2.90. The lowest BCUT2D eigenvalue weighted by atomic mass is 10.1. The Balaban J connectivity index is 1.97. The van der Waals surface area contributed by atoms with Gasteiger partial charge in [-0.25, -0.2) is 4.98 Å². The number of rotatable bonds is 5. The highest BCUT2D eigenvalue weighted by atomic mass is 16.3. The fourth-order valence-corrected chi connectivity index (χ4v) is 1.62. The van der Waals surface area contributed by atoms with Crippen LogP contribution >= 0.6 is 0 Å². The first kappa shape index (κ1) is 12.8. The zero-order chi connectivity index (χ0) is 13.7. The largest absolute Gasteiger partial charge is 0.451 e. The molecule has 1 aromatic heterocycles. The zero-order valence-electron chi connectivity index (χ0n) is 10.1. The summed E-state index contributed by atoms with van der Waals surface area (Å²) in [6.07, 6.45) is 3.53. The Morgan fingerprint density at radius 2 is 2.11 bits per heavy atom. The van der Waals surface area contributed by atoms with Crippen LogP contribution in [0.3, 0.4) is 0 Å². The molecule has 0 unspecified atom stereocenters. The minimum atomic E-state index is -0.576. The van der Waals surface area contributed by atoms with Crippen molar-refractivity contribution in [1.82, 2.24) is 4.98 Å². The molecule has 0 aliphatic rings.